The van der Waals surface area contributed by atoms with Gasteiger partial charge in [-0.15, -0.1) is 6.58 Å². The van der Waals surface area contributed by atoms with E-state index >= 15 is 0 Å². The van der Waals surface area contributed by atoms with Gasteiger partial charge in [-0.05, 0) is 55.0 Å². The Morgan fingerprint density at radius 1 is 1.19 bits per heavy atom. The molecule has 3 heterocycles. The molecule has 36 heavy (non-hydrogen) atoms. The van der Waals surface area contributed by atoms with Gasteiger partial charge in [0.25, 0.3) is 5.91 Å². The summed E-state index contributed by atoms with van der Waals surface area (Å²) in [4.78, 5) is 13.0. The van der Waals surface area contributed by atoms with Crippen LogP contribution in [-0.4, -0.2) is 39.5 Å². The molecular weight excluding hydrogens is 495 g/mol. The largest absolute Gasteiger partial charge is 0.286 e. The maximum Gasteiger partial charge on any atom is 0.286 e. The molecule has 0 atom stereocenters. The first-order valence-electron chi connectivity index (χ1n) is 12.6. The zero-order valence-electron chi connectivity index (χ0n) is 21.2. The fourth-order valence-corrected chi connectivity index (χ4v) is 5.38. The molecule has 1 aromatic carbocycles. The van der Waals surface area contributed by atoms with Crippen LogP contribution in [0.1, 0.15) is 73.3 Å². The molecule has 2 aliphatic heterocycles. The van der Waals surface area contributed by atoms with Gasteiger partial charge < -0.3 is 0 Å². The van der Waals surface area contributed by atoms with Crippen molar-refractivity contribution in [2.45, 2.75) is 58.2 Å². The molecule has 4 rings (SSSR count). The van der Waals surface area contributed by atoms with Crippen LogP contribution in [0.15, 0.2) is 48.0 Å². The number of thioether (sulfide) groups is 1. The molecule has 2 aromatic rings. The van der Waals surface area contributed by atoms with Crippen LogP contribution in [0.25, 0.3) is 11.6 Å². The molecule has 1 fully saturated rings. The Morgan fingerprint density at radius 2 is 1.92 bits per heavy atom. The number of amides is 1. The lowest BCUT2D eigenvalue weighted by atomic mass is 10.0. The molecule has 8 heteroatoms. The summed E-state index contributed by atoms with van der Waals surface area (Å²) in [6.45, 7) is 10.3. The van der Waals surface area contributed by atoms with Crippen LogP contribution in [0.2, 0.25) is 0 Å². The molecule has 2 aliphatic rings. The predicted octanol–water partition coefficient (Wildman–Crippen LogP) is 7.06. The maximum absolute atomic E-state index is 13.3. The van der Waals surface area contributed by atoms with Gasteiger partial charge in [-0.3, -0.25) is 14.9 Å². The Labute approximate surface area is 223 Å². The Morgan fingerprint density at radius 3 is 2.53 bits per heavy atom. The molecule has 0 saturated carbocycles. The number of benzene rings is 1. The Bertz CT molecular complexity index is 1090. The minimum atomic E-state index is -0.251. The summed E-state index contributed by atoms with van der Waals surface area (Å²) in [7, 11) is 0. The second-order valence-electron chi connectivity index (χ2n) is 8.76. The van der Waals surface area contributed by atoms with Crippen LogP contribution in [0, 0.1) is 5.82 Å². The van der Waals surface area contributed by atoms with Crippen molar-refractivity contribution >= 4 is 40.9 Å². The van der Waals surface area contributed by atoms with Crippen LogP contribution in [-0.2, 0) is 12.3 Å². The molecule has 194 valence electrons. The summed E-state index contributed by atoms with van der Waals surface area (Å²) in [6.07, 6.45) is 11.3. The molecule has 0 aliphatic carbocycles. The first kappa shape index (κ1) is 28.2. The van der Waals surface area contributed by atoms with E-state index in [9.17, 15) is 9.18 Å². The number of nitrogens with zero attached hydrogens (tertiary/aromatic N) is 3. The molecule has 1 N–H and O–H groups in total. The third kappa shape index (κ3) is 7.82. The molecule has 0 bridgehead atoms. The van der Waals surface area contributed by atoms with Crippen molar-refractivity contribution in [2.24, 2.45) is 0 Å². The number of nitrogens with one attached hydrogen (secondary N) is 1. The second-order valence-corrected chi connectivity index (χ2v) is 10.2. The highest BCUT2D eigenvalue weighted by Crippen LogP contribution is 2.36. The smallest absolute Gasteiger partial charge is 0.283 e. The maximum atomic E-state index is 13.3. The molecule has 1 aromatic heterocycles. The second kappa shape index (κ2) is 14.4. The van der Waals surface area contributed by atoms with E-state index in [1.807, 2.05) is 15.8 Å². The highest BCUT2D eigenvalue weighted by atomic mass is 35.5. The third-order valence-corrected chi connectivity index (χ3v) is 7.40. The lowest BCUT2D eigenvalue weighted by Gasteiger charge is -2.26. The van der Waals surface area contributed by atoms with Gasteiger partial charge in [0.15, 0.2) is 5.69 Å². The number of piperidine rings is 1. The summed E-state index contributed by atoms with van der Waals surface area (Å²) >= 11 is 7.39. The minimum absolute atomic E-state index is 0.144. The highest BCUT2D eigenvalue weighted by molar-refractivity contribution is 7.99. The van der Waals surface area contributed by atoms with E-state index in [2.05, 4.69) is 37.0 Å². The monoisotopic (exact) mass is 530 g/mol. The number of fused-ring (bicyclic) bond motifs is 1. The van der Waals surface area contributed by atoms with Crippen molar-refractivity contribution < 1.29 is 9.18 Å². The van der Waals surface area contributed by atoms with Gasteiger partial charge in [0, 0.05) is 35.2 Å². The average molecular weight is 531 g/mol. The van der Waals surface area contributed by atoms with Crippen LogP contribution in [0.5, 0.6) is 0 Å². The Hall–Kier alpha value is -2.35. The summed E-state index contributed by atoms with van der Waals surface area (Å²) in [5.74, 6) is 1.17. The van der Waals surface area contributed by atoms with Crippen molar-refractivity contribution in [3.8, 4) is 0 Å². The lowest BCUT2D eigenvalue weighted by Crippen LogP contribution is -2.45. The molecule has 0 radical (unpaired) electrons. The predicted molar refractivity (Wildman–Crippen MR) is 150 cm³/mol. The van der Waals surface area contributed by atoms with E-state index in [0.717, 1.165) is 77.7 Å². The number of rotatable bonds is 7. The summed E-state index contributed by atoms with van der Waals surface area (Å²) < 4.78 is 15.1. The standard InChI is InChI=1S/C22H25FN4OS.C6H11Cl/c1-2-10-27-21-17(13-16-6-8-18(23)9-7-16)14-29-15-19(21)20(24-27)22(28)25-26-11-4-3-5-12-26;1-3-5-6(7)4-2/h2,6-9,13H,1,3-5,10-12,14-15H2,(H,25,28);5H,3-4H2,1-2H3/b17-13+;6-5+. The van der Waals surface area contributed by atoms with Gasteiger partial charge in [0.05, 0.1) is 12.2 Å². The van der Waals surface area contributed by atoms with E-state index in [-0.39, 0.29) is 11.7 Å². The fraction of sp³-hybridized carbons (Fsp3) is 0.429. The molecule has 0 spiro atoms. The topological polar surface area (TPSA) is 50.2 Å². The number of aromatic nitrogens is 2. The van der Waals surface area contributed by atoms with E-state index in [1.165, 1.54) is 18.6 Å². The molecule has 1 amide bonds. The number of hydrazine groups is 1. The van der Waals surface area contributed by atoms with Crippen LogP contribution >= 0.6 is 23.4 Å². The number of hydrogen-bond donors (Lipinski definition) is 1. The third-order valence-electron chi connectivity index (χ3n) is 5.97. The summed E-state index contributed by atoms with van der Waals surface area (Å²) in [5.41, 5.74) is 7.49. The number of carbonyl (C=O) groups is 1. The van der Waals surface area contributed by atoms with Gasteiger partial charge in [-0.1, -0.05) is 56.2 Å². The van der Waals surface area contributed by atoms with E-state index in [1.54, 1.807) is 30.0 Å². The van der Waals surface area contributed by atoms with E-state index < -0.39 is 0 Å². The first-order chi connectivity index (χ1) is 17.5. The zero-order valence-corrected chi connectivity index (χ0v) is 22.8. The first-order valence-corrected chi connectivity index (χ1v) is 14.1. The van der Waals surface area contributed by atoms with Crippen LogP contribution in [0.3, 0.4) is 0 Å². The molecular formula is C28H36ClFN4OS. The van der Waals surface area contributed by atoms with Crippen molar-refractivity contribution in [2.75, 3.05) is 18.8 Å². The van der Waals surface area contributed by atoms with E-state index in [4.69, 9.17) is 11.6 Å². The quantitative estimate of drug-likeness (QED) is 0.389. The Kier molecular flexibility index (Phi) is 11.3. The van der Waals surface area contributed by atoms with Gasteiger partial charge in [-0.2, -0.15) is 16.9 Å². The summed E-state index contributed by atoms with van der Waals surface area (Å²) in [6, 6.07) is 6.45. The van der Waals surface area contributed by atoms with Crippen LogP contribution < -0.4 is 5.43 Å². The zero-order chi connectivity index (χ0) is 25.9. The number of halogens is 2. The number of carbonyl (C=O) groups excluding carboxylic acids is 1. The fourth-order valence-electron chi connectivity index (χ4n) is 4.20. The molecule has 5 nitrogen and oxygen atoms in total. The number of hydrogen-bond acceptors (Lipinski definition) is 4. The lowest BCUT2D eigenvalue weighted by molar-refractivity contribution is 0.0743. The van der Waals surface area contributed by atoms with Crippen molar-refractivity contribution in [3.05, 3.63) is 76.4 Å². The van der Waals surface area contributed by atoms with Gasteiger partial charge in [-0.25, -0.2) is 9.40 Å². The van der Waals surface area contributed by atoms with Gasteiger partial charge >= 0.3 is 0 Å². The van der Waals surface area contributed by atoms with Gasteiger partial charge in [0.1, 0.15) is 5.82 Å². The number of allylic oxidation sites excluding steroid dienone is 3. The highest BCUT2D eigenvalue weighted by Gasteiger charge is 2.28. The minimum Gasteiger partial charge on any atom is -0.283 e. The van der Waals surface area contributed by atoms with Gasteiger partial charge in [0.2, 0.25) is 0 Å². The van der Waals surface area contributed by atoms with E-state index in [0.29, 0.717) is 12.2 Å². The van der Waals surface area contributed by atoms with Crippen molar-refractivity contribution in [3.63, 3.8) is 0 Å². The SMILES string of the molecule is C=CCn1nc(C(=O)NN2CCCCC2)c2c1/C(=C/c1ccc(F)cc1)CSC2.CC/C=C(/Cl)CC. The Balaban J connectivity index is 0.000000454. The molecule has 0 unspecified atom stereocenters. The van der Waals surface area contributed by atoms with Crippen molar-refractivity contribution in [1.29, 1.82) is 0 Å². The average Bonchev–Trinajstić information content (AvgIpc) is 3.26. The van der Waals surface area contributed by atoms with Crippen LogP contribution in [0.4, 0.5) is 4.39 Å². The normalized spacial score (nSPS) is 17.2. The summed E-state index contributed by atoms with van der Waals surface area (Å²) in [5, 5.41) is 7.62. The van der Waals surface area contributed by atoms with Crippen molar-refractivity contribution in [1.82, 2.24) is 20.2 Å². The molecule has 1 saturated heterocycles.